The maximum absolute atomic E-state index is 5.88. The molecule has 0 saturated carbocycles. The molecule has 0 aromatic heterocycles. The second-order valence-corrected chi connectivity index (χ2v) is 4.72. The van der Waals surface area contributed by atoms with E-state index in [2.05, 4.69) is 25.2 Å². The van der Waals surface area contributed by atoms with Crippen molar-refractivity contribution in [3.63, 3.8) is 0 Å². The lowest BCUT2D eigenvalue weighted by atomic mass is 10.2. The summed E-state index contributed by atoms with van der Waals surface area (Å²) in [7, 11) is 1.70. The van der Waals surface area contributed by atoms with Crippen LogP contribution < -0.4 is 14.8 Å². The van der Waals surface area contributed by atoms with E-state index in [9.17, 15) is 0 Å². The van der Waals surface area contributed by atoms with Gasteiger partial charge in [0, 0.05) is 20.2 Å². The first-order chi connectivity index (χ1) is 9.71. The van der Waals surface area contributed by atoms with Gasteiger partial charge in [0.25, 0.3) is 0 Å². The highest BCUT2D eigenvalue weighted by molar-refractivity contribution is 5.43. The Morgan fingerprint density at radius 2 is 2.00 bits per heavy atom. The van der Waals surface area contributed by atoms with Crippen LogP contribution in [-0.2, 0) is 11.3 Å². The van der Waals surface area contributed by atoms with Gasteiger partial charge >= 0.3 is 0 Å². The van der Waals surface area contributed by atoms with Crippen LogP contribution in [0, 0.1) is 0 Å². The third-order valence-corrected chi connectivity index (χ3v) is 3.02. The Balaban J connectivity index is 2.67. The van der Waals surface area contributed by atoms with Crippen molar-refractivity contribution >= 4 is 0 Å². The SMILES string of the molecule is CCOc1cc(CNCCOC)ccc1OC(C)CC. The fourth-order valence-corrected chi connectivity index (χ4v) is 1.74. The normalized spacial score (nSPS) is 12.2. The van der Waals surface area contributed by atoms with Gasteiger partial charge in [0.1, 0.15) is 0 Å². The van der Waals surface area contributed by atoms with Gasteiger partial charge in [-0.2, -0.15) is 0 Å². The topological polar surface area (TPSA) is 39.7 Å². The zero-order valence-electron chi connectivity index (χ0n) is 13.1. The molecular weight excluding hydrogens is 254 g/mol. The summed E-state index contributed by atoms with van der Waals surface area (Å²) in [5.74, 6) is 1.64. The molecule has 0 amide bonds. The standard InChI is InChI=1S/C16H27NO3/c1-5-13(3)20-15-8-7-14(11-16(15)19-6-2)12-17-9-10-18-4/h7-8,11,13,17H,5-6,9-10,12H2,1-4H3. The van der Waals surface area contributed by atoms with Gasteiger partial charge in [-0.15, -0.1) is 0 Å². The lowest BCUT2D eigenvalue weighted by Crippen LogP contribution is -2.18. The molecule has 0 fully saturated rings. The Hall–Kier alpha value is -1.26. The molecule has 0 aliphatic rings. The molecule has 0 aliphatic heterocycles. The van der Waals surface area contributed by atoms with Crippen molar-refractivity contribution in [2.75, 3.05) is 26.9 Å². The maximum Gasteiger partial charge on any atom is 0.161 e. The molecule has 0 aliphatic carbocycles. The summed E-state index contributed by atoms with van der Waals surface area (Å²) < 4.78 is 16.6. The van der Waals surface area contributed by atoms with E-state index < -0.39 is 0 Å². The maximum atomic E-state index is 5.88. The van der Waals surface area contributed by atoms with Crippen molar-refractivity contribution in [2.45, 2.75) is 39.8 Å². The predicted molar refractivity (Wildman–Crippen MR) is 81.6 cm³/mol. The van der Waals surface area contributed by atoms with Crippen molar-refractivity contribution < 1.29 is 14.2 Å². The van der Waals surface area contributed by atoms with Gasteiger partial charge in [-0.25, -0.2) is 0 Å². The highest BCUT2D eigenvalue weighted by atomic mass is 16.5. The molecule has 0 bridgehead atoms. The van der Waals surface area contributed by atoms with Crippen LogP contribution in [0.2, 0.25) is 0 Å². The summed E-state index contributed by atoms with van der Waals surface area (Å²) in [6.07, 6.45) is 1.17. The highest BCUT2D eigenvalue weighted by Crippen LogP contribution is 2.29. The van der Waals surface area contributed by atoms with E-state index in [1.807, 2.05) is 19.1 Å². The smallest absolute Gasteiger partial charge is 0.161 e. The summed E-state index contributed by atoms with van der Waals surface area (Å²) >= 11 is 0. The van der Waals surface area contributed by atoms with Crippen molar-refractivity contribution in [3.05, 3.63) is 23.8 Å². The third kappa shape index (κ3) is 5.80. The van der Waals surface area contributed by atoms with Gasteiger partial charge < -0.3 is 19.5 Å². The Kier molecular flexibility index (Phi) is 8.07. The number of hydrogen-bond acceptors (Lipinski definition) is 4. The van der Waals surface area contributed by atoms with Gasteiger partial charge in [0.05, 0.1) is 19.3 Å². The number of ether oxygens (including phenoxy) is 3. The zero-order chi connectivity index (χ0) is 14.8. The molecule has 4 nitrogen and oxygen atoms in total. The quantitative estimate of drug-likeness (QED) is 0.669. The molecule has 0 radical (unpaired) electrons. The van der Waals surface area contributed by atoms with Crippen LogP contribution >= 0.6 is 0 Å². The summed E-state index contributed by atoms with van der Waals surface area (Å²) in [5, 5.41) is 3.32. The van der Waals surface area contributed by atoms with E-state index in [4.69, 9.17) is 14.2 Å². The summed E-state index contributed by atoms with van der Waals surface area (Å²) in [4.78, 5) is 0. The molecule has 0 spiro atoms. The van der Waals surface area contributed by atoms with Crippen molar-refractivity contribution in [1.82, 2.24) is 5.32 Å². The molecule has 0 heterocycles. The first-order valence-corrected chi connectivity index (χ1v) is 7.33. The van der Waals surface area contributed by atoms with Gasteiger partial charge in [-0.1, -0.05) is 13.0 Å². The van der Waals surface area contributed by atoms with Gasteiger partial charge in [0.2, 0.25) is 0 Å². The summed E-state index contributed by atoms with van der Waals surface area (Å²) in [6, 6.07) is 6.10. The Labute approximate surface area is 122 Å². The molecule has 1 N–H and O–H groups in total. The average Bonchev–Trinajstić information content (AvgIpc) is 2.46. The average molecular weight is 281 g/mol. The monoisotopic (exact) mass is 281 g/mol. The second kappa shape index (κ2) is 9.61. The Bertz CT molecular complexity index is 382. The van der Waals surface area contributed by atoms with Crippen LogP contribution in [0.1, 0.15) is 32.8 Å². The van der Waals surface area contributed by atoms with E-state index in [-0.39, 0.29) is 6.10 Å². The lowest BCUT2D eigenvalue weighted by molar-refractivity contribution is 0.199. The fraction of sp³-hybridized carbons (Fsp3) is 0.625. The van der Waals surface area contributed by atoms with Crippen molar-refractivity contribution in [1.29, 1.82) is 0 Å². The summed E-state index contributed by atoms with van der Waals surface area (Å²) in [5.41, 5.74) is 1.18. The highest BCUT2D eigenvalue weighted by Gasteiger charge is 2.09. The Morgan fingerprint density at radius 1 is 1.20 bits per heavy atom. The molecule has 0 saturated heterocycles. The molecular formula is C16H27NO3. The van der Waals surface area contributed by atoms with E-state index in [0.29, 0.717) is 13.2 Å². The van der Waals surface area contributed by atoms with Crippen molar-refractivity contribution in [3.8, 4) is 11.5 Å². The van der Waals surface area contributed by atoms with Crippen LogP contribution in [-0.4, -0.2) is 33.0 Å². The minimum atomic E-state index is 0.194. The van der Waals surface area contributed by atoms with E-state index >= 15 is 0 Å². The minimum Gasteiger partial charge on any atom is -0.490 e. The first kappa shape index (κ1) is 16.8. The molecule has 20 heavy (non-hydrogen) atoms. The molecule has 1 unspecified atom stereocenters. The Morgan fingerprint density at radius 3 is 2.65 bits per heavy atom. The van der Waals surface area contributed by atoms with Gasteiger partial charge in [-0.3, -0.25) is 0 Å². The van der Waals surface area contributed by atoms with Crippen LogP contribution in [0.5, 0.6) is 11.5 Å². The van der Waals surface area contributed by atoms with Gasteiger partial charge in [-0.05, 0) is 38.0 Å². The van der Waals surface area contributed by atoms with Gasteiger partial charge in [0.15, 0.2) is 11.5 Å². The molecule has 4 heteroatoms. The zero-order valence-corrected chi connectivity index (χ0v) is 13.1. The number of methoxy groups -OCH3 is 1. The largest absolute Gasteiger partial charge is 0.490 e. The molecule has 114 valence electrons. The van der Waals surface area contributed by atoms with Crippen LogP contribution in [0.25, 0.3) is 0 Å². The lowest BCUT2D eigenvalue weighted by Gasteiger charge is -2.17. The number of benzene rings is 1. The number of rotatable bonds is 10. The second-order valence-electron chi connectivity index (χ2n) is 4.72. The van der Waals surface area contributed by atoms with E-state index in [0.717, 1.165) is 31.0 Å². The van der Waals surface area contributed by atoms with E-state index in [1.54, 1.807) is 7.11 Å². The predicted octanol–water partition coefficient (Wildman–Crippen LogP) is 3.00. The van der Waals surface area contributed by atoms with Crippen LogP contribution in [0.15, 0.2) is 18.2 Å². The number of nitrogens with one attached hydrogen (secondary N) is 1. The first-order valence-electron chi connectivity index (χ1n) is 7.33. The molecule has 1 rings (SSSR count). The molecule has 1 aromatic carbocycles. The number of hydrogen-bond donors (Lipinski definition) is 1. The molecule has 1 atom stereocenters. The minimum absolute atomic E-state index is 0.194. The van der Waals surface area contributed by atoms with Crippen molar-refractivity contribution in [2.24, 2.45) is 0 Å². The van der Waals surface area contributed by atoms with Crippen LogP contribution in [0.3, 0.4) is 0 Å². The van der Waals surface area contributed by atoms with E-state index in [1.165, 1.54) is 5.56 Å². The fourth-order valence-electron chi connectivity index (χ4n) is 1.74. The third-order valence-electron chi connectivity index (χ3n) is 3.02. The van der Waals surface area contributed by atoms with Crippen LogP contribution in [0.4, 0.5) is 0 Å². The molecule has 1 aromatic rings. The summed E-state index contributed by atoms with van der Waals surface area (Å²) in [6.45, 7) is 9.15.